The quantitative estimate of drug-likeness (QED) is 0.820. The van der Waals surface area contributed by atoms with Crippen LogP contribution in [0.3, 0.4) is 0 Å². The Hall–Kier alpha value is -1.51. The van der Waals surface area contributed by atoms with Gasteiger partial charge in [-0.3, -0.25) is 0 Å². The molecule has 1 rings (SSSR count). The number of halogens is 1. The topological polar surface area (TPSA) is 29.3 Å². The van der Waals surface area contributed by atoms with Gasteiger partial charge in [0.1, 0.15) is 5.82 Å². The number of anilines is 1. The molecule has 0 atom stereocenters. The van der Waals surface area contributed by atoms with Gasteiger partial charge in [0.05, 0.1) is 0 Å². The predicted octanol–water partition coefficient (Wildman–Crippen LogP) is 3.38. The molecule has 0 aliphatic heterocycles. The van der Waals surface area contributed by atoms with Gasteiger partial charge in [-0.05, 0) is 31.0 Å². The summed E-state index contributed by atoms with van der Waals surface area (Å²) in [6.07, 6.45) is 2.10. The average molecular weight is 236 g/mol. The van der Waals surface area contributed by atoms with Crippen molar-refractivity contribution in [1.82, 2.24) is 0 Å². The molecule has 1 aromatic rings. The van der Waals surface area contributed by atoms with Gasteiger partial charge < -0.3 is 10.6 Å². The van der Waals surface area contributed by atoms with Crippen molar-refractivity contribution in [3.63, 3.8) is 0 Å². The fourth-order valence-electron chi connectivity index (χ4n) is 1.87. The maximum Gasteiger partial charge on any atom is 0.134 e. The molecule has 0 saturated heterocycles. The Morgan fingerprint density at radius 1 is 1.29 bits per heavy atom. The molecular weight excluding hydrogens is 215 g/mol. The van der Waals surface area contributed by atoms with Gasteiger partial charge in [-0.2, -0.15) is 0 Å². The van der Waals surface area contributed by atoms with Crippen LogP contribution in [0.15, 0.2) is 24.8 Å². The van der Waals surface area contributed by atoms with Crippen LogP contribution >= 0.6 is 0 Å². The van der Waals surface area contributed by atoms with Crippen LogP contribution in [0.4, 0.5) is 10.1 Å². The molecule has 0 spiro atoms. The molecule has 3 heteroatoms. The van der Waals surface area contributed by atoms with E-state index < -0.39 is 0 Å². The highest BCUT2D eigenvalue weighted by atomic mass is 19.1. The van der Waals surface area contributed by atoms with E-state index in [1.807, 2.05) is 6.07 Å². The van der Waals surface area contributed by atoms with Crippen molar-refractivity contribution in [2.75, 3.05) is 18.0 Å². The summed E-state index contributed by atoms with van der Waals surface area (Å²) >= 11 is 0. The fourth-order valence-corrected chi connectivity index (χ4v) is 1.87. The Bertz CT molecular complexity index is 382. The first-order valence-electron chi connectivity index (χ1n) is 6.09. The molecule has 0 saturated carbocycles. The van der Waals surface area contributed by atoms with Crippen molar-refractivity contribution < 1.29 is 4.39 Å². The standard InChI is InChI=1S/C14H21FN2/c1-4-8-17(9-5-2)12-6-7-13(11(3)16)14(15)10-12/h6-7,10H,3-5,8-9,16H2,1-2H3. The van der Waals surface area contributed by atoms with Crippen molar-refractivity contribution in [3.8, 4) is 0 Å². The normalized spacial score (nSPS) is 10.3. The molecule has 0 heterocycles. The first-order valence-corrected chi connectivity index (χ1v) is 6.09. The summed E-state index contributed by atoms with van der Waals surface area (Å²) in [7, 11) is 0. The van der Waals surface area contributed by atoms with E-state index in [0.717, 1.165) is 31.6 Å². The summed E-state index contributed by atoms with van der Waals surface area (Å²) in [5.41, 5.74) is 7.08. The molecule has 2 N–H and O–H groups in total. The van der Waals surface area contributed by atoms with E-state index in [2.05, 4.69) is 25.3 Å². The highest BCUT2D eigenvalue weighted by molar-refractivity contribution is 5.63. The zero-order valence-corrected chi connectivity index (χ0v) is 10.7. The molecule has 0 aliphatic carbocycles. The summed E-state index contributed by atoms with van der Waals surface area (Å²) in [5.74, 6) is -0.299. The zero-order valence-electron chi connectivity index (χ0n) is 10.7. The third-order valence-corrected chi connectivity index (χ3v) is 2.65. The van der Waals surface area contributed by atoms with Crippen LogP contribution < -0.4 is 10.6 Å². The minimum absolute atomic E-state index is 0.270. The maximum absolute atomic E-state index is 13.8. The van der Waals surface area contributed by atoms with Gasteiger partial charge in [-0.1, -0.05) is 20.4 Å². The zero-order chi connectivity index (χ0) is 12.8. The number of rotatable bonds is 6. The van der Waals surface area contributed by atoms with Crippen LogP contribution in [0.2, 0.25) is 0 Å². The Morgan fingerprint density at radius 3 is 2.29 bits per heavy atom. The molecular formula is C14H21FN2. The smallest absolute Gasteiger partial charge is 0.134 e. The third-order valence-electron chi connectivity index (χ3n) is 2.65. The Balaban J connectivity index is 2.97. The van der Waals surface area contributed by atoms with E-state index in [1.54, 1.807) is 12.1 Å². The number of nitrogens with two attached hydrogens (primary N) is 1. The van der Waals surface area contributed by atoms with Crippen LogP contribution in [-0.4, -0.2) is 13.1 Å². The fraction of sp³-hybridized carbons (Fsp3) is 0.429. The van der Waals surface area contributed by atoms with E-state index in [0.29, 0.717) is 5.56 Å². The van der Waals surface area contributed by atoms with Gasteiger partial charge in [-0.25, -0.2) is 4.39 Å². The van der Waals surface area contributed by atoms with Crippen LogP contribution in [0.25, 0.3) is 5.70 Å². The second kappa shape index (κ2) is 6.28. The van der Waals surface area contributed by atoms with Crippen molar-refractivity contribution in [2.24, 2.45) is 5.73 Å². The Labute approximate surface area is 103 Å². The number of nitrogens with zero attached hydrogens (tertiary/aromatic N) is 1. The largest absolute Gasteiger partial charge is 0.399 e. The van der Waals surface area contributed by atoms with Crippen molar-refractivity contribution in [3.05, 3.63) is 36.2 Å². The monoisotopic (exact) mass is 236 g/mol. The summed E-state index contributed by atoms with van der Waals surface area (Å²) in [5, 5.41) is 0. The Morgan fingerprint density at radius 2 is 1.88 bits per heavy atom. The molecule has 2 nitrogen and oxygen atoms in total. The second-order valence-electron chi connectivity index (χ2n) is 4.18. The van der Waals surface area contributed by atoms with Crippen molar-refractivity contribution in [2.45, 2.75) is 26.7 Å². The lowest BCUT2D eigenvalue weighted by atomic mass is 10.1. The number of hydrogen-bond donors (Lipinski definition) is 1. The lowest BCUT2D eigenvalue weighted by molar-refractivity contribution is 0.621. The third kappa shape index (κ3) is 3.48. The minimum atomic E-state index is -0.299. The first kappa shape index (κ1) is 13.6. The molecule has 0 fully saturated rings. The van der Waals surface area contributed by atoms with Crippen LogP contribution in [0, 0.1) is 5.82 Å². The minimum Gasteiger partial charge on any atom is -0.399 e. The van der Waals surface area contributed by atoms with Gasteiger partial charge >= 0.3 is 0 Å². The number of hydrogen-bond acceptors (Lipinski definition) is 2. The molecule has 0 bridgehead atoms. The molecule has 0 aliphatic rings. The van der Waals surface area contributed by atoms with E-state index in [1.165, 1.54) is 0 Å². The van der Waals surface area contributed by atoms with Gasteiger partial charge in [0, 0.05) is 30.0 Å². The SMILES string of the molecule is C=C(N)c1ccc(N(CCC)CCC)cc1F. The van der Waals surface area contributed by atoms with Crippen LogP contribution in [0.1, 0.15) is 32.3 Å². The molecule has 94 valence electrons. The van der Waals surface area contributed by atoms with Crippen LogP contribution in [0.5, 0.6) is 0 Å². The maximum atomic E-state index is 13.8. The molecule has 0 radical (unpaired) electrons. The average Bonchev–Trinajstić information content (AvgIpc) is 2.28. The molecule has 17 heavy (non-hydrogen) atoms. The number of benzene rings is 1. The van der Waals surface area contributed by atoms with Gasteiger partial charge in [0.15, 0.2) is 0 Å². The molecule has 0 amide bonds. The van der Waals surface area contributed by atoms with E-state index in [9.17, 15) is 4.39 Å². The van der Waals surface area contributed by atoms with E-state index >= 15 is 0 Å². The van der Waals surface area contributed by atoms with Gasteiger partial charge in [0.2, 0.25) is 0 Å². The van der Waals surface area contributed by atoms with Crippen molar-refractivity contribution >= 4 is 11.4 Å². The summed E-state index contributed by atoms with van der Waals surface area (Å²) in [4.78, 5) is 2.19. The van der Waals surface area contributed by atoms with Crippen molar-refractivity contribution in [1.29, 1.82) is 0 Å². The summed E-state index contributed by atoms with van der Waals surface area (Å²) in [6.45, 7) is 9.68. The highest BCUT2D eigenvalue weighted by Crippen LogP contribution is 2.21. The lowest BCUT2D eigenvalue weighted by Gasteiger charge is -2.24. The molecule has 1 aromatic carbocycles. The van der Waals surface area contributed by atoms with Crippen LogP contribution in [-0.2, 0) is 0 Å². The first-order chi connectivity index (χ1) is 8.10. The predicted molar refractivity (Wildman–Crippen MR) is 72.4 cm³/mol. The summed E-state index contributed by atoms with van der Waals surface area (Å²) < 4.78 is 13.8. The second-order valence-corrected chi connectivity index (χ2v) is 4.18. The molecule has 0 aromatic heterocycles. The summed E-state index contributed by atoms with van der Waals surface area (Å²) in [6, 6.07) is 5.14. The molecule has 0 unspecified atom stereocenters. The Kier molecular flexibility index (Phi) is 5.01. The van der Waals surface area contributed by atoms with E-state index in [-0.39, 0.29) is 11.5 Å². The van der Waals surface area contributed by atoms with Gasteiger partial charge in [0.25, 0.3) is 0 Å². The highest BCUT2D eigenvalue weighted by Gasteiger charge is 2.09. The van der Waals surface area contributed by atoms with E-state index in [4.69, 9.17) is 5.73 Å². The lowest BCUT2D eigenvalue weighted by Crippen LogP contribution is -2.25. The van der Waals surface area contributed by atoms with Gasteiger partial charge in [-0.15, -0.1) is 0 Å².